The van der Waals surface area contributed by atoms with Gasteiger partial charge in [-0.2, -0.15) is 0 Å². The first kappa shape index (κ1) is 11.2. The minimum absolute atomic E-state index is 0.00931. The first-order valence-corrected chi connectivity index (χ1v) is 5.72. The van der Waals surface area contributed by atoms with Crippen molar-refractivity contribution in [3.63, 3.8) is 0 Å². The zero-order valence-corrected chi connectivity index (χ0v) is 9.92. The van der Waals surface area contributed by atoms with Gasteiger partial charge in [0.25, 0.3) is 0 Å². The molecule has 2 aromatic carbocycles. The Morgan fingerprint density at radius 3 is 2.21 bits per heavy atom. The smallest absolute Gasteiger partial charge is 0.0913 e. The number of para-hydroxylation sites is 2. The van der Waals surface area contributed by atoms with Crippen molar-refractivity contribution in [1.82, 2.24) is 15.1 Å². The summed E-state index contributed by atoms with van der Waals surface area (Å²) in [5.41, 5.74) is 1.50. The monoisotopic (exact) mass is 252 g/mol. The summed E-state index contributed by atoms with van der Waals surface area (Å²) >= 11 is 0. The van der Waals surface area contributed by atoms with Crippen molar-refractivity contribution < 1.29 is 4.68 Å². The second-order valence-electron chi connectivity index (χ2n) is 3.85. The number of nitroso groups, excluding NO2 is 1. The molecule has 92 valence electrons. The summed E-state index contributed by atoms with van der Waals surface area (Å²) in [6, 6.07) is 18.6. The molecule has 0 unspecified atom stereocenters. The first-order valence-electron chi connectivity index (χ1n) is 5.72. The maximum absolute atomic E-state index is 10.9. The number of hydrogen-bond donors (Lipinski definition) is 0. The van der Waals surface area contributed by atoms with E-state index in [1.807, 2.05) is 60.7 Å². The minimum Gasteiger partial charge on any atom is -0.0913 e. The molecule has 0 bridgehead atoms. The van der Waals surface area contributed by atoms with E-state index in [0.717, 1.165) is 11.4 Å². The molecular formula is C13H10N5O+. The molecule has 0 aliphatic heterocycles. The van der Waals surface area contributed by atoms with Crippen molar-refractivity contribution in [2.24, 2.45) is 5.18 Å². The van der Waals surface area contributed by atoms with Crippen LogP contribution in [0.15, 0.2) is 65.8 Å². The average Bonchev–Trinajstić information content (AvgIpc) is 2.93. The van der Waals surface area contributed by atoms with Crippen LogP contribution in [0.2, 0.25) is 0 Å². The zero-order chi connectivity index (χ0) is 13.1. The van der Waals surface area contributed by atoms with Crippen LogP contribution < -0.4 is 4.68 Å². The number of tetrazole rings is 1. The van der Waals surface area contributed by atoms with Gasteiger partial charge in [-0.3, -0.25) is 0 Å². The fourth-order valence-electron chi connectivity index (χ4n) is 1.74. The lowest BCUT2D eigenvalue weighted by Gasteiger charge is -1.93. The summed E-state index contributed by atoms with van der Waals surface area (Å²) in [7, 11) is 0. The predicted molar refractivity (Wildman–Crippen MR) is 68.3 cm³/mol. The molecule has 0 saturated carbocycles. The summed E-state index contributed by atoms with van der Waals surface area (Å²) < 4.78 is 1.40. The Morgan fingerprint density at radius 2 is 1.58 bits per heavy atom. The first-order chi connectivity index (χ1) is 9.38. The molecule has 0 N–H and O–H groups in total. The quantitative estimate of drug-likeness (QED) is 0.528. The summed E-state index contributed by atoms with van der Waals surface area (Å²) in [6.07, 6.45) is 0. The van der Waals surface area contributed by atoms with Crippen LogP contribution in [0, 0.1) is 4.91 Å². The fraction of sp³-hybridized carbons (Fsp3) is 0. The van der Waals surface area contributed by atoms with E-state index in [-0.39, 0.29) is 5.95 Å². The molecule has 3 aromatic rings. The standard InChI is InChI=1S/C13H10N5O/c19-15-13-14-18(12-9-5-2-6-10-12)16-17(13)11-7-3-1-4-8-11/h1-10H/q+1. The van der Waals surface area contributed by atoms with E-state index in [2.05, 4.69) is 15.5 Å². The molecule has 0 saturated heterocycles. The average molecular weight is 252 g/mol. The highest BCUT2D eigenvalue weighted by molar-refractivity contribution is 5.29. The van der Waals surface area contributed by atoms with Crippen LogP contribution in [0.3, 0.4) is 0 Å². The molecule has 19 heavy (non-hydrogen) atoms. The largest absolute Gasteiger partial charge is 0.481 e. The fourth-order valence-corrected chi connectivity index (χ4v) is 1.74. The van der Waals surface area contributed by atoms with E-state index in [0.29, 0.717) is 0 Å². The van der Waals surface area contributed by atoms with Gasteiger partial charge in [-0.05, 0) is 29.1 Å². The van der Waals surface area contributed by atoms with Crippen LogP contribution in [0.5, 0.6) is 0 Å². The summed E-state index contributed by atoms with van der Waals surface area (Å²) in [5, 5.41) is 11.2. The Kier molecular flexibility index (Phi) is 2.82. The van der Waals surface area contributed by atoms with Crippen LogP contribution >= 0.6 is 0 Å². The molecule has 6 heteroatoms. The molecule has 0 amide bonds. The van der Waals surface area contributed by atoms with Gasteiger partial charge in [0, 0.05) is 5.21 Å². The zero-order valence-electron chi connectivity index (χ0n) is 9.92. The van der Waals surface area contributed by atoms with Crippen molar-refractivity contribution in [1.29, 1.82) is 0 Å². The van der Waals surface area contributed by atoms with Crippen molar-refractivity contribution in [2.45, 2.75) is 0 Å². The van der Waals surface area contributed by atoms with Gasteiger partial charge in [-0.25, -0.2) is 0 Å². The van der Waals surface area contributed by atoms with Crippen LogP contribution in [0.1, 0.15) is 0 Å². The highest BCUT2D eigenvalue weighted by atomic mass is 16.3. The van der Waals surface area contributed by atoms with E-state index in [1.165, 1.54) is 9.48 Å². The van der Waals surface area contributed by atoms with Crippen LogP contribution in [0.4, 0.5) is 5.95 Å². The molecular weight excluding hydrogens is 242 g/mol. The molecule has 0 spiro atoms. The number of benzene rings is 2. The van der Waals surface area contributed by atoms with Gasteiger partial charge < -0.3 is 0 Å². The SMILES string of the molecule is O=Nc1nn(-c2ccccc2)n[n+]1-c1ccccc1. The normalized spacial score (nSPS) is 10.3. The lowest BCUT2D eigenvalue weighted by Crippen LogP contribution is -2.33. The van der Waals surface area contributed by atoms with Crippen molar-refractivity contribution >= 4 is 5.95 Å². The summed E-state index contributed by atoms with van der Waals surface area (Å²) in [4.78, 5) is 12.2. The van der Waals surface area contributed by atoms with E-state index < -0.39 is 0 Å². The van der Waals surface area contributed by atoms with Gasteiger partial charge in [0.2, 0.25) is 0 Å². The molecule has 0 aliphatic rings. The maximum Gasteiger partial charge on any atom is 0.481 e. The molecule has 0 aliphatic carbocycles. The van der Waals surface area contributed by atoms with Gasteiger partial charge >= 0.3 is 5.95 Å². The Balaban J connectivity index is 2.12. The molecule has 1 heterocycles. The third-order valence-electron chi connectivity index (χ3n) is 2.62. The topological polar surface area (TPSA) is 64.0 Å². The third-order valence-corrected chi connectivity index (χ3v) is 2.62. The Hall–Kier alpha value is -2.89. The van der Waals surface area contributed by atoms with Crippen LogP contribution in [0.25, 0.3) is 11.4 Å². The van der Waals surface area contributed by atoms with Gasteiger partial charge in [0.15, 0.2) is 0 Å². The highest BCUT2D eigenvalue weighted by Gasteiger charge is 2.21. The van der Waals surface area contributed by atoms with Crippen molar-refractivity contribution in [3.05, 3.63) is 65.6 Å². The summed E-state index contributed by atoms with van der Waals surface area (Å²) in [5.74, 6) is 0.00931. The highest BCUT2D eigenvalue weighted by Crippen LogP contribution is 2.08. The Labute approximate surface area is 108 Å². The van der Waals surface area contributed by atoms with Gasteiger partial charge in [0.1, 0.15) is 16.6 Å². The van der Waals surface area contributed by atoms with E-state index in [4.69, 9.17) is 0 Å². The predicted octanol–water partition coefficient (Wildman–Crippen LogP) is 1.94. The van der Waals surface area contributed by atoms with Gasteiger partial charge in [-0.15, -0.1) is 0 Å². The van der Waals surface area contributed by atoms with Crippen LogP contribution in [-0.4, -0.2) is 15.1 Å². The second-order valence-corrected chi connectivity index (χ2v) is 3.85. The number of rotatable bonds is 3. The van der Waals surface area contributed by atoms with E-state index in [9.17, 15) is 4.91 Å². The van der Waals surface area contributed by atoms with E-state index in [1.54, 1.807) is 0 Å². The lowest BCUT2D eigenvalue weighted by molar-refractivity contribution is -0.649. The summed E-state index contributed by atoms with van der Waals surface area (Å²) in [6.45, 7) is 0. The number of hydrogen-bond acceptors (Lipinski definition) is 4. The minimum atomic E-state index is 0.00931. The number of nitrogens with zero attached hydrogens (tertiary/aromatic N) is 5. The van der Waals surface area contributed by atoms with E-state index >= 15 is 0 Å². The molecule has 0 atom stereocenters. The maximum atomic E-state index is 10.9. The van der Waals surface area contributed by atoms with Gasteiger partial charge in [0.05, 0.1) is 5.10 Å². The molecule has 0 radical (unpaired) electrons. The second kappa shape index (κ2) is 4.77. The number of aromatic nitrogens is 4. The molecule has 1 aromatic heterocycles. The van der Waals surface area contributed by atoms with Crippen molar-refractivity contribution in [2.75, 3.05) is 0 Å². The Bertz CT molecular complexity index is 694. The van der Waals surface area contributed by atoms with Gasteiger partial charge in [-0.1, -0.05) is 46.0 Å². The lowest BCUT2D eigenvalue weighted by atomic mass is 10.3. The Morgan fingerprint density at radius 1 is 0.947 bits per heavy atom. The van der Waals surface area contributed by atoms with Crippen molar-refractivity contribution in [3.8, 4) is 11.4 Å². The molecule has 6 nitrogen and oxygen atoms in total. The third kappa shape index (κ3) is 2.11. The molecule has 3 rings (SSSR count). The molecule has 0 fully saturated rings. The van der Waals surface area contributed by atoms with Crippen LogP contribution in [-0.2, 0) is 0 Å².